The second-order valence-electron chi connectivity index (χ2n) is 4.06. The maximum atomic E-state index is 11.9. The topological polar surface area (TPSA) is 37.3 Å². The number of thiophene rings is 1. The molecule has 0 atom stereocenters. The van der Waals surface area contributed by atoms with Crippen LogP contribution in [0.4, 0.5) is 0 Å². The van der Waals surface area contributed by atoms with Crippen LogP contribution < -0.4 is 0 Å². The standard InChI is InChI=1S/C11H13ClO2S/c12-10-8(3-6-15-10)7-9(13)11(14)4-1-2-5-11/h3,6,14H,1-2,4-5,7H2. The molecule has 1 aliphatic carbocycles. The van der Waals surface area contributed by atoms with Gasteiger partial charge in [0.15, 0.2) is 5.78 Å². The number of hydrogen-bond donors (Lipinski definition) is 1. The average Bonchev–Trinajstić information content (AvgIpc) is 2.78. The molecule has 0 amide bonds. The van der Waals surface area contributed by atoms with Crippen LogP contribution in [0.5, 0.6) is 0 Å². The first kappa shape index (κ1) is 11.1. The molecule has 0 radical (unpaired) electrons. The predicted molar refractivity (Wildman–Crippen MR) is 61.5 cm³/mol. The van der Waals surface area contributed by atoms with Gasteiger partial charge in [-0.25, -0.2) is 0 Å². The normalized spacial score (nSPS) is 19.3. The first-order valence-corrected chi connectivity index (χ1v) is 6.35. The molecule has 0 saturated heterocycles. The van der Waals surface area contributed by atoms with Gasteiger partial charge in [0.2, 0.25) is 0 Å². The van der Waals surface area contributed by atoms with E-state index in [0.29, 0.717) is 17.2 Å². The summed E-state index contributed by atoms with van der Waals surface area (Å²) in [7, 11) is 0. The number of aliphatic hydroxyl groups is 1. The average molecular weight is 245 g/mol. The van der Waals surface area contributed by atoms with E-state index < -0.39 is 5.60 Å². The van der Waals surface area contributed by atoms with Crippen molar-refractivity contribution in [1.82, 2.24) is 0 Å². The van der Waals surface area contributed by atoms with Crippen molar-refractivity contribution in [3.05, 3.63) is 21.3 Å². The van der Waals surface area contributed by atoms with E-state index in [0.717, 1.165) is 18.4 Å². The Balaban J connectivity index is 2.07. The molecule has 0 aliphatic heterocycles. The molecule has 2 rings (SSSR count). The van der Waals surface area contributed by atoms with E-state index in [-0.39, 0.29) is 12.2 Å². The van der Waals surface area contributed by atoms with Crippen molar-refractivity contribution < 1.29 is 9.90 Å². The third-order valence-electron chi connectivity index (χ3n) is 2.99. The third kappa shape index (κ3) is 2.25. The molecule has 1 aromatic heterocycles. The van der Waals surface area contributed by atoms with Crippen LogP contribution in [0.15, 0.2) is 11.4 Å². The smallest absolute Gasteiger partial charge is 0.168 e. The number of carbonyl (C=O) groups is 1. The Labute approximate surface area is 97.9 Å². The fraction of sp³-hybridized carbons (Fsp3) is 0.545. The number of ketones is 1. The molecule has 0 unspecified atom stereocenters. The highest BCUT2D eigenvalue weighted by atomic mass is 35.5. The van der Waals surface area contributed by atoms with Crippen LogP contribution in [-0.2, 0) is 11.2 Å². The molecular formula is C11H13ClO2S. The van der Waals surface area contributed by atoms with Crippen molar-refractivity contribution in [1.29, 1.82) is 0 Å². The fourth-order valence-corrected chi connectivity index (χ4v) is 2.95. The molecule has 1 N–H and O–H groups in total. The molecule has 1 saturated carbocycles. The molecule has 0 aromatic carbocycles. The van der Waals surface area contributed by atoms with Gasteiger partial charge in [0.1, 0.15) is 5.60 Å². The zero-order chi connectivity index (χ0) is 10.9. The van der Waals surface area contributed by atoms with Crippen LogP contribution in [-0.4, -0.2) is 16.5 Å². The van der Waals surface area contributed by atoms with Gasteiger partial charge in [-0.15, -0.1) is 11.3 Å². The molecule has 1 fully saturated rings. The zero-order valence-electron chi connectivity index (χ0n) is 8.33. The van der Waals surface area contributed by atoms with Crippen LogP contribution in [0.2, 0.25) is 4.34 Å². The van der Waals surface area contributed by atoms with Crippen molar-refractivity contribution >= 4 is 28.7 Å². The third-order valence-corrected chi connectivity index (χ3v) is 4.25. The second-order valence-corrected chi connectivity index (χ2v) is 5.58. The lowest BCUT2D eigenvalue weighted by molar-refractivity contribution is -0.136. The van der Waals surface area contributed by atoms with Gasteiger partial charge in [-0.2, -0.15) is 0 Å². The molecule has 1 aromatic rings. The fourth-order valence-electron chi connectivity index (χ4n) is 2.02. The second kappa shape index (κ2) is 4.24. The summed E-state index contributed by atoms with van der Waals surface area (Å²) in [5.41, 5.74) is -0.238. The number of halogens is 1. The first-order valence-electron chi connectivity index (χ1n) is 5.09. The Kier molecular flexibility index (Phi) is 3.14. The van der Waals surface area contributed by atoms with E-state index in [2.05, 4.69) is 0 Å². The first-order chi connectivity index (χ1) is 7.12. The Morgan fingerprint density at radius 1 is 1.53 bits per heavy atom. The van der Waals surface area contributed by atoms with Gasteiger partial charge in [0.05, 0.1) is 4.34 Å². The van der Waals surface area contributed by atoms with Crippen LogP contribution >= 0.6 is 22.9 Å². The molecule has 0 bridgehead atoms. The van der Waals surface area contributed by atoms with Crippen molar-refractivity contribution in [2.75, 3.05) is 0 Å². The van der Waals surface area contributed by atoms with Gasteiger partial charge in [-0.3, -0.25) is 4.79 Å². The number of carbonyl (C=O) groups excluding carboxylic acids is 1. The minimum absolute atomic E-state index is 0.0831. The number of rotatable bonds is 3. The Hall–Kier alpha value is -0.380. The van der Waals surface area contributed by atoms with Gasteiger partial charge < -0.3 is 5.11 Å². The number of hydrogen-bond acceptors (Lipinski definition) is 3. The summed E-state index contributed by atoms with van der Waals surface area (Å²) in [6.07, 6.45) is 3.36. The van der Waals surface area contributed by atoms with Gasteiger partial charge in [0.25, 0.3) is 0 Å². The number of Topliss-reactive ketones (excluding diaryl/α,β-unsaturated/α-hetero) is 1. The molecule has 15 heavy (non-hydrogen) atoms. The van der Waals surface area contributed by atoms with E-state index in [1.54, 1.807) is 0 Å². The summed E-state index contributed by atoms with van der Waals surface area (Å²) in [5, 5.41) is 11.9. The highest BCUT2D eigenvalue weighted by molar-refractivity contribution is 7.14. The highest BCUT2D eigenvalue weighted by Crippen LogP contribution is 2.32. The molecule has 2 nitrogen and oxygen atoms in total. The lowest BCUT2D eigenvalue weighted by Gasteiger charge is -2.19. The minimum atomic E-state index is -1.08. The predicted octanol–water partition coefficient (Wildman–Crippen LogP) is 2.82. The monoisotopic (exact) mass is 244 g/mol. The molecule has 0 spiro atoms. The lowest BCUT2D eigenvalue weighted by Crippen LogP contribution is -2.36. The van der Waals surface area contributed by atoms with Crippen molar-refractivity contribution in [2.24, 2.45) is 0 Å². The molecule has 4 heteroatoms. The maximum absolute atomic E-state index is 11.9. The molecule has 1 heterocycles. The summed E-state index contributed by atoms with van der Waals surface area (Å²) in [6, 6.07) is 1.85. The Morgan fingerprint density at radius 3 is 2.73 bits per heavy atom. The van der Waals surface area contributed by atoms with Crippen molar-refractivity contribution in [3.63, 3.8) is 0 Å². The van der Waals surface area contributed by atoms with E-state index >= 15 is 0 Å². The van der Waals surface area contributed by atoms with Crippen molar-refractivity contribution in [3.8, 4) is 0 Å². The van der Waals surface area contributed by atoms with Crippen LogP contribution in [0.1, 0.15) is 31.2 Å². The van der Waals surface area contributed by atoms with Crippen LogP contribution in [0.3, 0.4) is 0 Å². The zero-order valence-corrected chi connectivity index (χ0v) is 9.90. The molecular weight excluding hydrogens is 232 g/mol. The van der Waals surface area contributed by atoms with E-state index in [4.69, 9.17) is 11.6 Å². The van der Waals surface area contributed by atoms with Gasteiger partial charge in [-0.1, -0.05) is 11.6 Å². The van der Waals surface area contributed by atoms with E-state index in [1.807, 2.05) is 11.4 Å². The minimum Gasteiger partial charge on any atom is -0.382 e. The summed E-state index contributed by atoms with van der Waals surface area (Å²) >= 11 is 7.34. The van der Waals surface area contributed by atoms with Gasteiger partial charge in [-0.05, 0) is 42.7 Å². The summed E-state index contributed by atoms with van der Waals surface area (Å²) in [5.74, 6) is -0.0831. The maximum Gasteiger partial charge on any atom is 0.168 e. The van der Waals surface area contributed by atoms with Crippen LogP contribution in [0, 0.1) is 0 Å². The Bertz CT molecular complexity index is 366. The summed E-state index contributed by atoms with van der Waals surface area (Å²) in [4.78, 5) is 11.9. The largest absolute Gasteiger partial charge is 0.382 e. The quantitative estimate of drug-likeness (QED) is 0.888. The van der Waals surface area contributed by atoms with E-state index in [9.17, 15) is 9.90 Å². The van der Waals surface area contributed by atoms with Gasteiger partial charge >= 0.3 is 0 Å². The molecule has 1 aliphatic rings. The molecule has 82 valence electrons. The van der Waals surface area contributed by atoms with E-state index in [1.165, 1.54) is 11.3 Å². The lowest BCUT2D eigenvalue weighted by atomic mass is 9.93. The summed E-state index contributed by atoms with van der Waals surface area (Å²) < 4.78 is 0.657. The van der Waals surface area contributed by atoms with Crippen LogP contribution in [0.25, 0.3) is 0 Å². The summed E-state index contributed by atoms with van der Waals surface area (Å²) in [6.45, 7) is 0. The SMILES string of the molecule is O=C(Cc1ccsc1Cl)C1(O)CCCC1. The van der Waals surface area contributed by atoms with Crippen molar-refractivity contribution in [2.45, 2.75) is 37.7 Å². The van der Waals surface area contributed by atoms with Gasteiger partial charge in [0, 0.05) is 6.42 Å². The Morgan fingerprint density at radius 2 is 2.20 bits per heavy atom. The highest BCUT2D eigenvalue weighted by Gasteiger charge is 2.38.